The molecule has 1 aliphatic heterocycles. The van der Waals surface area contributed by atoms with Crippen LogP contribution in [0.4, 0.5) is 5.13 Å². The molecule has 1 atom stereocenters. The Bertz CT molecular complexity index is 395. The van der Waals surface area contributed by atoms with E-state index in [2.05, 4.69) is 35.0 Å². The largest absolute Gasteiger partial charge is 0.388 e. The van der Waals surface area contributed by atoms with E-state index in [0.717, 1.165) is 30.3 Å². The zero-order chi connectivity index (χ0) is 12.7. The van der Waals surface area contributed by atoms with Crippen molar-refractivity contribution in [3.8, 4) is 0 Å². The van der Waals surface area contributed by atoms with Gasteiger partial charge < -0.3 is 10.0 Å². The summed E-state index contributed by atoms with van der Waals surface area (Å²) < 4.78 is 4.42. The topological polar surface area (TPSA) is 49.2 Å². The molecule has 1 saturated heterocycles. The number of anilines is 1. The summed E-state index contributed by atoms with van der Waals surface area (Å²) >= 11 is 1.44. The van der Waals surface area contributed by atoms with Gasteiger partial charge in [-0.15, -0.1) is 0 Å². The Labute approximate surface area is 107 Å². The second-order valence-electron chi connectivity index (χ2n) is 6.17. The van der Waals surface area contributed by atoms with Crippen LogP contribution in [0.25, 0.3) is 0 Å². The third-order valence-corrected chi connectivity index (χ3v) is 3.81. The number of nitrogens with zero attached hydrogens (tertiary/aromatic N) is 3. The van der Waals surface area contributed by atoms with Gasteiger partial charge in [0.05, 0.1) is 5.60 Å². The smallest absolute Gasteiger partial charge is 0.205 e. The second-order valence-corrected chi connectivity index (χ2v) is 6.90. The lowest BCUT2D eigenvalue weighted by Gasteiger charge is -2.36. The molecule has 1 fully saturated rings. The van der Waals surface area contributed by atoms with E-state index >= 15 is 0 Å². The Morgan fingerprint density at radius 2 is 2.12 bits per heavy atom. The molecule has 0 amide bonds. The van der Waals surface area contributed by atoms with Crippen molar-refractivity contribution in [3.05, 3.63) is 5.82 Å². The van der Waals surface area contributed by atoms with E-state index in [-0.39, 0.29) is 5.41 Å². The molecule has 2 heterocycles. The number of piperidine rings is 1. The molecule has 0 spiro atoms. The van der Waals surface area contributed by atoms with Crippen LogP contribution in [-0.4, -0.2) is 33.2 Å². The predicted molar refractivity (Wildman–Crippen MR) is 70.7 cm³/mol. The first-order valence-electron chi connectivity index (χ1n) is 6.09. The van der Waals surface area contributed by atoms with Gasteiger partial charge in [0.1, 0.15) is 5.82 Å². The Kier molecular flexibility index (Phi) is 3.16. The van der Waals surface area contributed by atoms with E-state index < -0.39 is 5.60 Å². The molecule has 0 saturated carbocycles. The van der Waals surface area contributed by atoms with Crippen molar-refractivity contribution >= 4 is 16.7 Å². The van der Waals surface area contributed by atoms with Gasteiger partial charge in [-0.3, -0.25) is 0 Å². The number of rotatable bonds is 1. The lowest BCUT2D eigenvalue weighted by Crippen LogP contribution is -2.46. The standard InChI is InChI=1S/C12H21N3OS/c1-11(2,3)9-13-10(17-14-9)15-7-5-6-12(4,16)8-15/h16H,5-8H2,1-4H3. The molecule has 1 unspecified atom stereocenters. The molecule has 0 aromatic carbocycles. The molecule has 0 radical (unpaired) electrons. The summed E-state index contributed by atoms with van der Waals surface area (Å²) in [7, 11) is 0. The highest BCUT2D eigenvalue weighted by molar-refractivity contribution is 7.09. The average Bonchev–Trinajstić information content (AvgIpc) is 2.63. The first-order chi connectivity index (χ1) is 7.78. The van der Waals surface area contributed by atoms with Crippen LogP contribution in [0.1, 0.15) is 46.4 Å². The minimum atomic E-state index is -0.591. The molecule has 5 heteroatoms. The monoisotopic (exact) mass is 255 g/mol. The highest BCUT2D eigenvalue weighted by Gasteiger charge is 2.30. The number of aromatic nitrogens is 2. The Balaban J connectivity index is 2.15. The van der Waals surface area contributed by atoms with Gasteiger partial charge in [-0.1, -0.05) is 20.8 Å². The summed E-state index contributed by atoms with van der Waals surface area (Å²) in [6.45, 7) is 9.87. The fourth-order valence-electron chi connectivity index (χ4n) is 2.03. The van der Waals surface area contributed by atoms with E-state index in [4.69, 9.17) is 0 Å². The van der Waals surface area contributed by atoms with Crippen LogP contribution in [0.2, 0.25) is 0 Å². The minimum Gasteiger partial charge on any atom is -0.388 e. The maximum Gasteiger partial charge on any atom is 0.205 e. The molecule has 1 N–H and O–H groups in total. The zero-order valence-electron chi connectivity index (χ0n) is 11.0. The van der Waals surface area contributed by atoms with Crippen molar-refractivity contribution < 1.29 is 5.11 Å². The third-order valence-electron chi connectivity index (χ3n) is 3.03. The van der Waals surface area contributed by atoms with Crippen molar-refractivity contribution in [2.45, 2.75) is 51.6 Å². The quantitative estimate of drug-likeness (QED) is 0.835. The van der Waals surface area contributed by atoms with Gasteiger partial charge in [-0.05, 0) is 19.8 Å². The molecular weight excluding hydrogens is 234 g/mol. The van der Waals surface area contributed by atoms with Crippen molar-refractivity contribution in [1.82, 2.24) is 9.36 Å². The Hall–Kier alpha value is -0.680. The molecule has 0 aliphatic carbocycles. The van der Waals surface area contributed by atoms with E-state index in [0.29, 0.717) is 6.54 Å². The van der Waals surface area contributed by atoms with E-state index in [1.807, 2.05) is 6.92 Å². The van der Waals surface area contributed by atoms with Crippen molar-refractivity contribution in [3.63, 3.8) is 0 Å². The van der Waals surface area contributed by atoms with Crippen molar-refractivity contribution in [1.29, 1.82) is 0 Å². The van der Waals surface area contributed by atoms with Crippen LogP contribution in [0.5, 0.6) is 0 Å². The SMILES string of the molecule is CC1(O)CCCN(c2nc(C(C)(C)C)ns2)C1. The number of hydrogen-bond acceptors (Lipinski definition) is 5. The van der Waals surface area contributed by atoms with Crippen molar-refractivity contribution in [2.24, 2.45) is 0 Å². The molecule has 2 rings (SSSR count). The van der Waals surface area contributed by atoms with E-state index in [1.165, 1.54) is 11.5 Å². The number of β-amino-alcohol motifs (C(OH)–C–C–N with tert-alkyl or cyclic N) is 1. The molecule has 1 aromatic heterocycles. The first kappa shape index (κ1) is 12.8. The van der Waals surface area contributed by atoms with Crippen LogP contribution in [0, 0.1) is 0 Å². The summed E-state index contributed by atoms with van der Waals surface area (Å²) in [5.41, 5.74) is -0.598. The third kappa shape index (κ3) is 2.96. The molecule has 1 aromatic rings. The van der Waals surface area contributed by atoms with Gasteiger partial charge in [-0.2, -0.15) is 4.37 Å². The summed E-state index contributed by atoms with van der Waals surface area (Å²) in [5, 5.41) is 11.0. The summed E-state index contributed by atoms with van der Waals surface area (Å²) in [6, 6.07) is 0. The zero-order valence-corrected chi connectivity index (χ0v) is 11.8. The van der Waals surface area contributed by atoms with Crippen LogP contribution in [0.3, 0.4) is 0 Å². The number of aliphatic hydroxyl groups is 1. The first-order valence-corrected chi connectivity index (χ1v) is 6.87. The lowest BCUT2D eigenvalue weighted by molar-refractivity contribution is 0.0449. The highest BCUT2D eigenvalue weighted by Crippen LogP contribution is 2.29. The predicted octanol–water partition coefficient (Wildman–Crippen LogP) is 2.19. The normalized spacial score (nSPS) is 26.3. The van der Waals surface area contributed by atoms with Gasteiger partial charge >= 0.3 is 0 Å². The van der Waals surface area contributed by atoms with Crippen molar-refractivity contribution in [2.75, 3.05) is 18.0 Å². The van der Waals surface area contributed by atoms with Gasteiger partial charge in [-0.25, -0.2) is 4.98 Å². The Morgan fingerprint density at radius 1 is 1.41 bits per heavy atom. The molecule has 1 aliphatic rings. The van der Waals surface area contributed by atoms with E-state index in [9.17, 15) is 5.11 Å². The fourth-order valence-corrected chi connectivity index (χ4v) is 2.91. The summed E-state index contributed by atoms with van der Waals surface area (Å²) in [4.78, 5) is 6.74. The fraction of sp³-hybridized carbons (Fsp3) is 0.833. The van der Waals surface area contributed by atoms with Gasteiger partial charge in [0.15, 0.2) is 0 Å². The van der Waals surface area contributed by atoms with Crippen LogP contribution < -0.4 is 4.90 Å². The average molecular weight is 255 g/mol. The van der Waals surface area contributed by atoms with Gasteiger partial charge in [0.2, 0.25) is 5.13 Å². The molecule has 96 valence electrons. The van der Waals surface area contributed by atoms with Gasteiger partial charge in [0, 0.05) is 30.0 Å². The molecule has 4 nitrogen and oxygen atoms in total. The Morgan fingerprint density at radius 3 is 2.65 bits per heavy atom. The molecule has 17 heavy (non-hydrogen) atoms. The highest BCUT2D eigenvalue weighted by atomic mass is 32.1. The summed E-state index contributed by atoms with van der Waals surface area (Å²) in [5.74, 6) is 0.891. The van der Waals surface area contributed by atoms with Gasteiger partial charge in [0.25, 0.3) is 0 Å². The maximum absolute atomic E-state index is 10.1. The maximum atomic E-state index is 10.1. The van der Waals surface area contributed by atoms with Crippen LogP contribution in [-0.2, 0) is 5.41 Å². The lowest BCUT2D eigenvalue weighted by atomic mass is 9.95. The number of hydrogen-bond donors (Lipinski definition) is 1. The molecular formula is C12H21N3OS. The van der Waals surface area contributed by atoms with Crippen LogP contribution >= 0.6 is 11.5 Å². The minimum absolute atomic E-state index is 0.00689. The second kappa shape index (κ2) is 4.21. The molecule has 0 bridgehead atoms. The summed E-state index contributed by atoms with van der Waals surface area (Å²) in [6.07, 6.45) is 1.88. The van der Waals surface area contributed by atoms with E-state index in [1.54, 1.807) is 0 Å². The van der Waals surface area contributed by atoms with Crippen LogP contribution in [0.15, 0.2) is 0 Å².